The molecule has 8 nitrogen and oxygen atoms in total. The summed E-state index contributed by atoms with van der Waals surface area (Å²) in [6, 6.07) is 5.15. The molecule has 1 aromatic carbocycles. The lowest BCUT2D eigenvalue weighted by Gasteiger charge is -2.36. The average Bonchev–Trinajstić information content (AvgIpc) is 2.64. The van der Waals surface area contributed by atoms with Crippen LogP contribution in [0.4, 0.5) is 5.69 Å². The number of ether oxygens (including phenoxy) is 3. The van der Waals surface area contributed by atoms with Gasteiger partial charge < -0.3 is 34.8 Å². The summed E-state index contributed by atoms with van der Waals surface area (Å²) in [5, 5.41) is 31.9. The SMILES string of the molecule is CC.CNc1cc(COC(C)=O)ccc1OC1O[C@H](CO)C(O)C[C@@H]1O. The molecule has 0 aliphatic carbocycles. The summed E-state index contributed by atoms with van der Waals surface area (Å²) in [4.78, 5) is 10.9. The molecule has 26 heavy (non-hydrogen) atoms. The van der Waals surface area contributed by atoms with E-state index in [4.69, 9.17) is 14.2 Å². The number of aliphatic hydroxyl groups is 3. The van der Waals surface area contributed by atoms with Gasteiger partial charge in [0, 0.05) is 20.4 Å². The first-order valence-corrected chi connectivity index (χ1v) is 8.67. The molecule has 4 atom stereocenters. The van der Waals surface area contributed by atoms with E-state index in [1.807, 2.05) is 13.8 Å². The topological polar surface area (TPSA) is 117 Å². The molecule has 1 aliphatic rings. The minimum absolute atomic E-state index is 0.0509. The second kappa shape index (κ2) is 11.0. The molecule has 148 valence electrons. The van der Waals surface area contributed by atoms with Crippen molar-refractivity contribution in [2.75, 3.05) is 19.0 Å². The number of esters is 1. The van der Waals surface area contributed by atoms with Crippen molar-refractivity contribution in [3.05, 3.63) is 23.8 Å². The number of nitrogens with one attached hydrogen (secondary N) is 1. The molecule has 0 aromatic heterocycles. The third-order valence-electron chi connectivity index (χ3n) is 3.71. The zero-order valence-electron chi connectivity index (χ0n) is 15.6. The number of carbonyl (C=O) groups excluding carboxylic acids is 1. The Bertz CT molecular complexity index is 566. The number of benzene rings is 1. The fraction of sp³-hybridized carbons (Fsp3) is 0.611. The van der Waals surface area contributed by atoms with Crippen molar-refractivity contribution in [1.82, 2.24) is 0 Å². The highest BCUT2D eigenvalue weighted by molar-refractivity contribution is 5.66. The van der Waals surface area contributed by atoms with Crippen molar-refractivity contribution in [2.24, 2.45) is 0 Å². The zero-order valence-corrected chi connectivity index (χ0v) is 15.6. The van der Waals surface area contributed by atoms with Crippen LogP contribution in [0.1, 0.15) is 32.8 Å². The predicted molar refractivity (Wildman–Crippen MR) is 95.8 cm³/mol. The second-order valence-electron chi connectivity index (χ2n) is 5.57. The molecule has 2 rings (SSSR count). The molecular formula is C18H29NO7. The van der Waals surface area contributed by atoms with Crippen LogP contribution < -0.4 is 10.1 Å². The molecule has 0 spiro atoms. The summed E-state index contributed by atoms with van der Waals surface area (Å²) in [5.41, 5.74) is 1.40. The first-order chi connectivity index (χ1) is 12.4. The Morgan fingerprint density at radius 3 is 2.58 bits per heavy atom. The Kier molecular flexibility index (Phi) is 9.36. The van der Waals surface area contributed by atoms with Crippen molar-refractivity contribution in [1.29, 1.82) is 0 Å². The van der Waals surface area contributed by atoms with Crippen LogP contribution in [0.25, 0.3) is 0 Å². The highest BCUT2D eigenvalue weighted by Crippen LogP contribution is 2.30. The molecule has 0 amide bonds. The summed E-state index contributed by atoms with van der Waals surface area (Å²) in [7, 11) is 1.70. The second-order valence-corrected chi connectivity index (χ2v) is 5.57. The van der Waals surface area contributed by atoms with Crippen molar-refractivity contribution in [3.63, 3.8) is 0 Å². The van der Waals surface area contributed by atoms with E-state index < -0.39 is 24.6 Å². The minimum Gasteiger partial charge on any atom is -0.461 e. The Labute approximate surface area is 153 Å². The fourth-order valence-corrected chi connectivity index (χ4v) is 2.41. The van der Waals surface area contributed by atoms with Gasteiger partial charge in [-0.05, 0) is 17.7 Å². The minimum atomic E-state index is -1.02. The lowest BCUT2D eigenvalue weighted by Crippen LogP contribution is -2.51. The molecule has 2 unspecified atom stereocenters. The summed E-state index contributed by atoms with van der Waals surface area (Å²) >= 11 is 0. The lowest BCUT2D eigenvalue weighted by molar-refractivity contribution is -0.240. The fourth-order valence-electron chi connectivity index (χ4n) is 2.41. The van der Waals surface area contributed by atoms with Gasteiger partial charge in [-0.2, -0.15) is 0 Å². The lowest BCUT2D eigenvalue weighted by atomic mass is 10.0. The van der Waals surface area contributed by atoms with E-state index in [9.17, 15) is 20.1 Å². The van der Waals surface area contributed by atoms with E-state index in [1.165, 1.54) is 6.92 Å². The number of rotatable bonds is 6. The molecule has 0 bridgehead atoms. The van der Waals surface area contributed by atoms with E-state index in [2.05, 4.69) is 5.32 Å². The van der Waals surface area contributed by atoms with Gasteiger partial charge in [0.25, 0.3) is 0 Å². The average molecular weight is 371 g/mol. The van der Waals surface area contributed by atoms with Gasteiger partial charge in [0.2, 0.25) is 6.29 Å². The molecule has 8 heteroatoms. The van der Waals surface area contributed by atoms with E-state index in [0.717, 1.165) is 5.56 Å². The quantitative estimate of drug-likeness (QED) is 0.548. The van der Waals surface area contributed by atoms with Crippen molar-refractivity contribution in [2.45, 2.75) is 58.4 Å². The Morgan fingerprint density at radius 2 is 2.00 bits per heavy atom. The summed E-state index contributed by atoms with van der Waals surface area (Å²) in [6.07, 6.45) is -3.72. The van der Waals surface area contributed by atoms with E-state index in [0.29, 0.717) is 11.4 Å². The van der Waals surface area contributed by atoms with Gasteiger partial charge in [-0.25, -0.2) is 0 Å². The molecular weight excluding hydrogens is 342 g/mol. The molecule has 1 aromatic rings. The molecule has 1 fully saturated rings. The largest absolute Gasteiger partial charge is 0.461 e. The van der Waals surface area contributed by atoms with Crippen molar-refractivity contribution in [3.8, 4) is 5.75 Å². The Hall–Kier alpha value is -1.87. The van der Waals surface area contributed by atoms with Crippen LogP contribution in [0.2, 0.25) is 0 Å². The highest BCUT2D eigenvalue weighted by atomic mass is 16.7. The zero-order chi connectivity index (χ0) is 19.7. The first kappa shape index (κ1) is 22.2. The van der Waals surface area contributed by atoms with E-state index >= 15 is 0 Å². The van der Waals surface area contributed by atoms with Gasteiger partial charge in [0.05, 0.1) is 18.4 Å². The van der Waals surface area contributed by atoms with Gasteiger partial charge in [-0.3, -0.25) is 4.79 Å². The maximum Gasteiger partial charge on any atom is 0.302 e. The third kappa shape index (κ3) is 6.14. The molecule has 4 N–H and O–H groups in total. The van der Waals surface area contributed by atoms with Crippen LogP contribution >= 0.6 is 0 Å². The van der Waals surface area contributed by atoms with Crippen LogP contribution in [0, 0.1) is 0 Å². The summed E-state index contributed by atoms with van der Waals surface area (Å²) in [6.45, 7) is 5.11. The molecule has 0 radical (unpaired) electrons. The Morgan fingerprint density at radius 1 is 1.31 bits per heavy atom. The van der Waals surface area contributed by atoms with Crippen molar-refractivity contribution >= 4 is 11.7 Å². The van der Waals surface area contributed by atoms with Crippen molar-refractivity contribution < 1.29 is 34.3 Å². The normalized spacial score (nSPS) is 24.9. The number of hydrogen-bond acceptors (Lipinski definition) is 8. The monoisotopic (exact) mass is 371 g/mol. The molecule has 1 saturated heterocycles. The van der Waals surface area contributed by atoms with Gasteiger partial charge in [0.1, 0.15) is 24.6 Å². The van der Waals surface area contributed by atoms with Gasteiger partial charge in [-0.15, -0.1) is 0 Å². The van der Waals surface area contributed by atoms with Crippen LogP contribution in [-0.4, -0.2) is 59.5 Å². The maximum atomic E-state index is 10.9. The summed E-state index contributed by atoms with van der Waals surface area (Å²) < 4.78 is 16.0. The highest BCUT2D eigenvalue weighted by Gasteiger charge is 2.37. The van der Waals surface area contributed by atoms with E-state index in [-0.39, 0.29) is 25.6 Å². The number of hydrogen-bond donors (Lipinski definition) is 4. The third-order valence-corrected chi connectivity index (χ3v) is 3.71. The van der Waals surface area contributed by atoms with Crippen LogP contribution in [0.15, 0.2) is 18.2 Å². The first-order valence-electron chi connectivity index (χ1n) is 8.67. The summed E-state index contributed by atoms with van der Waals surface area (Å²) in [5.74, 6) is 0.0647. The smallest absolute Gasteiger partial charge is 0.302 e. The molecule has 1 heterocycles. The molecule has 0 saturated carbocycles. The number of aliphatic hydroxyl groups excluding tert-OH is 3. The Balaban J connectivity index is 0.00000163. The van der Waals surface area contributed by atoms with Crippen LogP contribution in [-0.2, 0) is 20.9 Å². The van der Waals surface area contributed by atoms with Gasteiger partial charge >= 0.3 is 5.97 Å². The standard InChI is InChI=1S/C16H23NO7.C2H6/c1-9(19)22-8-10-3-4-14(11(5-10)17-2)23-16-13(21)6-12(20)15(7-18)24-16;1-2/h3-5,12-13,15-18,20-21H,6-8H2,1-2H3;1-2H3/t12?,13-,15+,16?;/m0./s1. The predicted octanol–water partition coefficient (Wildman–Crippen LogP) is 1.03. The number of anilines is 1. The van der Waals surface area contributed by atoms with Gasteiger partial charge in [-0.1, -0.05) is 19.9 Å². The van der Waals surface area contributed by atoms with Crippen LogP contribution in [0.3, 0.4) is 0 Å². The van der Waals surface area contributed by atoms with Gasteiger partial charge in [0.15, 0.2) is 0 Å². The van der Waals surface area contributed by atoms with Crippen LogP contribution in [0.5, 0.6) is 5.75 Å². The van der Waals surface area contributed by atoms with E-state index in [1.54, 1.807) is 25.2 Å². The maximum absolute atomic E-state index is 10.9. The molecule has 1 aliphatic heterocycles. The number of carbonyl (C=O) groups is 1.